The largest absolute Gasteiger partial charge is 0.508 e. The number of amides is 1. The highest BCUT2D eigenvalue weighted by atomic mass is 16.5. The number of hydrogen-bond donors (Lipinski definition) is 2. The van der Waals surface area contributed by atoms with E-state index in [0.29, 0.717) is 44.5 Å². The van der Waals surface area contributed by atoms with E-state index < -0.39 is 5.41 Å². The lowest BCUT2D eigenvalue weighted by atomic mass is 9.80. The number of rotatable bonds is 9. The van der Waals surface area contributed by atoms with Gasteiger partial charge in [-0.25, -0.2) is 0 Å². The third kappa shape index (κ3) is 6.07. The van der Waals surface area contributed by atoms with Crippen molar-refractivity contribution in [1.29, 1.82) is 0 Å². The standard InChI is InChI=1S/C24H29NO5/c26-21-11-5-4-10-20(21)17-25-23(28)24(13-15-29-16-14-24)18-30-22(27)12-6-9-19-7-2-1-3-8-19/h1-5,7-8,10-11,26H,6,9,12-18H2,(H,25,28). The molecular weight excluding hydrogens is 382 g/mol. The molecule has 0 aliphatic carbocycles. The van der Waals surface area contributed by atoms with Gasteiger partial charge in [0.1, 0.15) is 12.4 Å². The van der Waals surface area contributed by atoms with Crippen molar-refractivity contribution >= 4 is 11.9 Å². The van der Waals surface area contributed by atoms with Gasteiger partial charge in [0.15, 0.2) is 0 Å². The van der Waals surface area contributed by atoms with Gasteiger partial charge in [-0.2, -0.15) is 0 Å². The second-order valence-electron chi connectivity index (χ2n) is 7.70. The predicted octanol–water partition coefficient (Wildman–Crippen LogP) is 3.37. The molecule has 1 aliphatic rings. The second-order valence-corrected chi connectivity index (χ2v) is 7.70. The number of phenols is 1. The molecule has 2 aromatic carbocycles. The number of aryl methyl sites for hydroxylation is 1. The maximum atomic E-state index is 13.0. The zero-order chi connectivity index (χ0) is 21.2. The molecule has 3 rings (SSSR count). The van der Waals surface area contributed by atoms with E-state index in [-0.39, 0.29) is 30.8 Å². The van der Waals surface area contributed by atoms with Gasteiger partial charge < -0.3 is 19.9 Å². The highest BCUT2D eigenvalue weighted by Crippen LogP contribution is 2.32. The van der Waals surface area contributed by atoms with Gasteiger partial charge in [0.2, 0.25) is 5.91 Å². The summed E-state index contributed by atoms with van der Waals surface area (Å²) in [5.41, 5.74) is 1.04. The Kier molecular flexibility index (Phi) is 7.85. The van der Waals surface area contributed by atoms with Crippen LogP contribution < -0.4 is 5.32 Å². The smallest absolute Gasteiger partial charge is 0.305 e. The number of esters is 1. The first-order chi connectivity index (χ1) is 14.6. The molecule has 0 radical (unpaired) electrons. The van der Waals surface area contributed by atoms with Crippen LogP contribution in [-0.2, 0) is 32.0 Å². The fourth-order valence-electron chi connectivity index (χ4n) is 3.59. The maximum absolute atomic E-state index is 13.0. The third-order valence-corrected chi connectivity index (χ3v) is 5.56. The van der Waals surface area contributed by atoms with Gasteiger partial charge in [-0.15, -0.1) is 0 Å². The van der Waals surface area contributed by atoms with E-state index in [2.05, 4.69) is 5.32 Å². The summed E-state index contributed by atoms with van der Waals surface area (Å²) in [6.07, 6.45) is 2.84. The Morgan fingerprint density at radius 2 is 1.73 bits per heavy atom. The first-order valence-corrected chi connectivity index (χ1v) is 10.4. The van der Waals surface area contributed by atoms with E-state index in [1.54, 1.807) is 18.2 Å². The van der Waals surface area contributed by atoms with E-state index in [9.17, 15) is 14.7 Å². The molecule has 0 spiro atoms. The van der Waals surface area contributed by atoms with E-state index in [1.165, 1.54) is 5.56 Å². The third-order valence-electron chi connectivity index (χ3n) is 5.56. The molecule has 0 aromatic heterocycles. The molecule has 2 N–H and O–H groups in total. The van der Waals surface area contributed by atoms with Gasteiger partial charge in [0, 0.05) is 31.7 Å². The molecule has 30 heavy (non-hydrogen) atoms. The molecule has 2 aromatic rings. The van der Waals surface area contributed by atoms with E-state index in [1.807, 2.05) is 36.4 Å². The number of hydrogen-bond acceptors (Lipinski definition) is 5. The maximum Gasteiger partial charge on any atom is 0.305 e. The number of para-hydroxylation sites is 1. The molecule has 160 valence electrons. The lowest BCUT2D eigenvalue weighted by Crippen LogP contribution is -2.47. The summed E-state index contributed by atoms with van der Waals surface area (Å²) in [6, 6.07) is 16.9. The number of nitrogens with one attached hydrogen (secondary N) is 1. The molecule has 6 heteroatoms. The number of aromatic hydroxyl groups is 1. The second kappa shape index (κ2) is 10.8. The fraction of sp³-hybridized carbons (Fsp3) is 0.417. The summed E-state index contributed by atoms with van der Waals surface area (Å²) in [5, 5.41) is 12.8. The lowest BCUT2D eigenvalue weighted by Gasteiger charge is -2.35. The Balaban J connectivity index is 1.50. The van der Waals surface area contributed by atoms with Crippen molar-refractivity contribution in [3.63, 3.8) is 0 Å². The van der Waals surface area contributed by atoms with Crippen molar-refractivity contribution in [1.82, 2.24) is 5.32 Å². The van der Waals surface area contributed by atoms with Crippen molar-refractivity contribution in [2.24, 2.45) is 5.41 Å². The molecular formula is C24H29NO5. The van der Waals surface area contributed by atoms with Crippen molar-refractivity contribution in [3.8, 4) is 5.75 Å². The molecule has 0 bridgehead atoms. The Morgan fingerprint density at radius 1 is 1.03 bits per heavy atom. The van der Waals surface area contributed by atoms with Crippen LogP contribution in [0.25, 0.3) is 0 Å². The van der Waals surface area contributed by atoms with Gasteiger partial charge in [-0.05, 0) is 37.3 Å². The number of carbonyl (C=O) groups excluding carboxylic acids is 2. The quantitative estimate of drug-likeness (QED) is 0.618. The zero-order valence-corrected chi connectivity index (χ0v) is 17.1. The van der Waals surface area contributed by atoms with E-state index in [0.717, 1.165) is 6.42 Å². The van der Waals surface area contributed by atoms with Crippen LogP contribution >= 0.6 is 0 Å². The average Bonchev–Trinajstić information content (AvgIpc) is 2.78. The van der Waals surface area contributed by atoms with Crippen LogP contribution in [0.1, 0.15) is 36.8 Å². The number of phenolic OH excluding ortho intramolecular Hbond substituents is 1. The normalized spacial score (nSPS) is 15.3. The minimum absolute atomic E-state index is 0.0487. The van der Waals surface area contributed by atoms with Crippen LogP contribution in [-0.4, -0.2) is 36.8 Å². The number of carbonyl (C=O) groups is 2. The summed E-state index contributed by atoms with van der Waals surface area (Å²) in [6.45, 7) is 1.18. The minimum Gasteiger partial charge on any atom is -0.508 e. The molecule has 0 saturated carbocycles. The molecule has 1 saturated heterocycles. The molecule has 1 aliphatic heterocycles. The van der Waals surface area contributed by atoms with Crippen LogP contribution in [0, 0.1) is 5.41 Å². The molecule has 1 fully saturated rings. The minimum atomic E-state index is -0.794. The van der Waals surface area contributed by atoms with Gasteiger partial charge in [-0.3, -0.25) is 9.59 Å². The molecule has 1 heterocycles. The summed E-state index contributed by atoms with van der Waals surface area (Å²) < 4.78 is 10.9. The average molecular weight is 411 g/mol. The van der Waals surface area contributed by atoms with E-state index in [4.69, 9.17) is 9.47 Å². The number of benzene rings is 2. The van der Waals surface area contributed by atoms with Crippen molar-refractivity contribution < 1.29 is 24.2 Å². The Hall–Kier alpha value is -2.86. The van der Waals surface area contributed by atoms with Crippen LogP contribution in [0.3, 0.4) is 0 Å². The summed E-state index contributed by atoms with van der Waals surface area (Å²) >= 11 is 0. The van der Waals surface area contributed by atoms with Gasteiger partial charge >= 0.3 is 5.97 Å². The summed E-state index contributed by atoms with van der Waals surface area (Å²) in [5.74, 6) is -0.319. The fourth-order valence-corrected chi connectivity index (χ4v) is 3.59. The lowest BCUT2D eigenvalue weighted by molar-refractivity contribution is -0.155. The Morgan fingerprint density at radius 3 is 2.47 bits per heavy atom. The highest BCUT2D eigenvalue weighted by Gasteiger charge is 2.41. The van der Waals surface area contributed by atoms with Crippen LogP contribution in [0.2, 0.25) is 0 Å². The SMILES string of the molecule is O=C(CCCc1ccccc1)OCC1(C(=O)NCc2ccccc2O)CCOCC1. The predicted molar refractivity (Wildman–Crippen MR) is 113 cm³/mol. The first-order valence-electron chi connectivity index (χ1n) is 10.4. The monoisotopic (exact) mass is 411 g/mol. The first kappa shape index (κ1) is 21.8. The Bertz CT molecular complexity index is 830. The van der Waals surface area contributed by atoms with Crippen molar-refractivity contribution in [3.05, 3.63) is 65.7 Å². The summed E-state index contributed by atoms with van der Waals surface area (Å²) in [4.78, 5) is 25.2. The van der Waals surface area contributed by atoms with Gasteiger partial charge in [0.25, 0.3) is 0 Å². The van der Waals surface area contributed by atoms with Gasteiger partial charge in [0.05, 0.1) is 5.41 Å². The Labute approximate surface area is 177 Å². The van der Waals surface area contributed by atoms with Gasteiger partial charge in [-0.1, -0.05) is 48.5 Å². The topological polar surface area (TPSA) is 84.9 Å². The van der Waals surface area contributed by atoms with Crippen molar-refractivity contribution in [2.75, 3.05) is 19.8 Å². The van der Waals surface area contributed by atoms with Crippen LogP contribution in [0.15, 0.2) is 54.6 Å². The molecule has 0 atom stereocenters. The van der Waals surface area contributed by atoms with Crippen molar-refractivity contribution in [2.45, 2.75) is 38.6 Å². The summed E-state index contributed by atoms with van der Waals surface area (Å²) in [7, 11) is 0. The molecule has 1 amide bonds. The molecule has 6 nitrogen and oxygen atoms in total. The molecule has 0 unspecified atom stereocenters. The van der Waals surface area contributed by atoms with Crippen LogP contribution in [0.4, 0.5) is 0 Å². The van der Waals surface area contributed by atoms with E-state index >= 15 is 0 Å². The van der Waals surface area contributed by atoms with Crippen LogP contribution in [0.5, 0.6) is 5.75 Å². The highest BCUT2D eigenvalue weighted by molar-refractivity contribution is 5.83. The zero-order valence-electron chi connectivity index (χ0n) is 17.1. The number of ether oxygens (including phenoxy) is 2.